The van der Waals surface area contributed by atoms with E-state index in [0.717, 1.165) is 62.9 Å². The Labute approximate surface area is 355 Å². The van der Waals surface area contributed by atoms with Crippen LogP contribution in [0.4, 0.5) is 0 Å². The Morgan fingerprint density at radius 3 is 2.50 bits per heavy atom. The molecule has 0 radical (unpaired) electrons. The number of aldehydes is 1. The fourth-order valence-corrected chi connectivity index (χ4v) is 12.0. The van der Waals surface area contributed by atoms with Crippen LogP contribution in [0.5, 0.6) is 34.5 Å². The fourth-order valence-electron chi connectivity index (χ4n) is 10.4. The van der Waals surface area contributed by atoms with Crippen molar-refractivity contribution in [2.45, 2.75) is 101 Å². The maximum absolute atomic E-state index is 14.0. The van der Waals surface area contributed by atoms with Crippen LogP contribution in [0.25, 0.3) is 10.9 Å². The van der Waals surface area contributed by atoms with Gasteiger partial charge in [0.15, 0.2) is 23.0 Å². The van der Waals surface area contributed by atoms with E-state index in [-0.39, 0.29) is 49.1 Å². The number of carbonyl (C=O) groups excluding carboxylic acids is 2. The van der Waals surface area contributed by atoms with Crippen LogP contribution in [0.1, 0.15) is 89.2 Å². The molecule has 0 amide bonds. The summed E-state index contributed by atoms with van der Waals surface area (Å²) in [4.78, 5) is 33.3. The summed E-state index contributed by atoms with van der Waals surface area (Å²) in [6.07, 6.45) is 2.44. The number of aromatic amines is 1. The second-order valence-corrected chi connectivity index (χ2v) is 17.8. The van der Waals surface area contributed by atoms with Crippen molar-refractivity contribution in [3.8, 4) is 34.5 Å². The van der Waals surface area contributed by atoms with Gasteiger partial charge in [0.1, 0.15) is 23.3 Å². The molecule has 3 aromatic carbocycles. The van der Waals surface area contributed by atoms with Gasteiger partial charge in [-0.2, -0.15) is 0 Å². The summed E-state index contributed by atoms with van der Waals surface area (Å²) < 4.78 is 36.2. The summed E-state index contributed by atoms with van der Waals surface area (Å²) in [6.45, 7) is 12.2. The molecule has 60 heavy (non-hydrogen) atoms. The van der Waals surface area contributed by atoms with Gasteiger partial charge in [-0.1, -0.05) is 6.07 Å². The van der Waals surface area contributed by atoms with Crippen molar-refractivity contribution < 1.29 is 43.1 Å². The molecule has 0 spiro atoms. The molecular formula is C45H57N5O9S. The zero-order valence-corrected chi connectivity index (χ0v) is 36.6. The summed E-state index contributed by atoms with van der Waals surface area (Å²) in [7, 11) is 4.89. The lowest BCUT2D eigenvalue weighted by molar-refractivity contribution is -0.132. The van der Waals surface area contributed by atoms with Crippen molar-refractivity contribution in [2.75, 3.05) is 47.0 Å². The monoisotopic (exact) mass is 843 g/mol. The molecule has 4 aliphatic heterocycles. The standard InChI is InChI=1S/C45H57N5O9S/c1-21-14-22(2)39(56-9)38(53)33(21)36-37-43(60-19-45(18-51)44-29(12-10-27(16-46)49-45)30-15-28(55-8)11-13-31(30)48-44)35-34(32(17-54-7)50(37)25(5)24(4)47-36)42-41(57-20-58-42)23(3)40(35)59-26(6)52/h11,13-15,18,24-25,27,32,36-37,43,47-49,53H,10,12,16-17,19-20,46H2,1-9H3/t24-,25-,27?,32-,36+,37+,43+,45+/m0/s1. The van der Waals surface area contributed by atoms with Crippen LogP contribution in [-0.2, 0) is 26.3 Å². The Bertz CT molecular complexity index is 2330. The summed E-state index contributed by atoms with van der Waals surface area (Å²) in [5, 5.41) is 20.3. The first-order valence-corrected chi connectivity index (χ1v) is 21.7. The van der Waals surface area contributed by atoms with E-state index < -0.39 is 28.8 Å². The van der Waals surface area contributed by atoms with Crippen molar-refractivity contribution in [3.05, 3.63) is 68.9 Å². The molecule has 8 atom stereocenters. The Morgan fingerprint density at radius 1 is 1.05 bits per heavy atom. The summed E-state index contributed by atoms with van der Waals surface area (Å²) in [6, 6.07) is 6.39. The van der Waals surface area contributed by atoms with E-state index in [9.17, 15) is 14.7 Å². The molecule has 0 aliphatic carbocycles. The average Bonchev–Trinajstić information content (AvgIpc) is 3.83. The van der Waals surface area contributed by atoms with Gasteiger partial charge in [-0.3, -0.25) is 15.0 Å². The van der Waals surface area contributed by atoms with Crippen LogP contribution in [0.2, 0.25) is 0 Å². The van der Waals surface area contributed by atoms with Crippen LogP contribution in [0.3, 0.4) is 0 Å². The Hall–Kier alpha value is -4.51. The van der Waals surface area contributed by atoms with Crippen molar-refractivity contribution in [2.24, 2.45) is 5.73 Å². The van der Waals surface area contributed by atoms with Crippen LogP contribution in [0, 0.1) is 20.8 Å². The molecule has 4 aromatic rings. The minimum Gasteiger partial charge on any atom is -0.504 e. The van der Waals surface area contributed by atoms with Crippen molar-refractivity contribution in [1.82, 2.24) is 20.5 Å². The Morgan fingerprint density at radius 2 is 1.82 bits per heavy atom. The predicted octanol–water partition coefficient (Wildman–Crippen LogP) is 5.69. The number of hydrogen-bond acceptors (Lipinski definition) is 14. The third-order valence-electron chi connectivity index (χ3n) is 13.2. The number of rotatable bonds is 11. The second-order valence-electron chi connectivity index (χ2n) is 16.7. The van der Waals surface area contributed by atoms with Crippen molar-refractivity contribution >= 4 is 34.9 Å². The number of nitrogens with zero attached hydrogens (tertiary/aromatic N) is 1. The topological polar surface area (TPSA) is 179 Å². The summed E-state index contributed by atoms with van der Waals surface area (Å²) >= 11 is 1.60. The van der Waals surface area contributed by atoms with Gasteiger partial charge in [0.25, 0.3) is 0 Å². The molecule has 8 rings (SSSR count). The molecule has 1 saturated heterocycles. The highest BCUT2D eigenvalue weighted by molar-refractivity contribution is 7.99. The predicted molar refractivity (Wildman–Crippen MR) is 230 cm³/mol. The van der Waals surface area contributed by atoms with E-state index in [0.29, 0.717) is 47.1 Å². The number of carbonyl (C=O) groups is 2. The SMILES string of the molecule is COC[C@H]1c2c3c(c(C)c(OC(C)=O)c2[C@@H](SC[C@@]2(C=O)NC(CN)CCc4c2[nH]c2ccc(OC)cc42)[C@H]2[C@@H](c4c(C)cc(C)c(OC)c4O)N[C@@H](C)[C@H](C)N21)OCO3. The van der Waals surface area contributed by atoms with Crippen molar-refractivity contribution in [3.63, 3.8) is 0 Å². The minimum absolute atomic E-state index is 0.00599. The molecule has 5 heterocycles. The lowest BCUT2D eigenvalue weighted by atomic mass is 9.76. The van der Waals surface area contributed by atoms with Gasteiger partial charge in [-0.05, 0) is 82.3 Å². The van der Waals surface area contributed by atoms with Crippen LogP contribution in [-0.4, -0.2) is 98.4 Å². The maximum atomic E-state index is 14.0. The van der Waals surface area contributed by atoms with Crippen LogP contribution in [0.15, 0.2) is 24.3 Å². The minimum atomic E-state index is -1.21. The zero-order valence-electron chi connectivity index (χ0n) is 35.8. The quantitative estimate of drug-likeness (QED) is 0.0706. The number of phenols is 1. The highest BCUT2D eigenvalue weighted by atomic mass is 32.2. The summed E-state index contributed by atoms with van der Waals surface area (Å²) in [5.74, 6) is 2.47. The molecule has 1 aromatic heterocycles. The normalized spacial score (nSPS) is 27.1. The summed E-state index contributed by atoms with van der Waals surface area (Å²) in [5.41, 5.74) is 12.5. The number of H-pyrrole nitrogens is 1. The first-order chi connectivity index (χ1) is 28.8. The van der Waals surface area contributed by atoms with Crippen LogP contribution >= 0.6 is 11.8 Å². The van der Waals surface area contributed by atoms with Gasteiger partial charge >= 0.3 is 5.97 Å². The number of fused-ring (bicyclic) bond motifs is 7. The fraction of sp³-hybridized carbons (Fsp3) is 0.511. The number of piperazine rings is 1. The van der Waals surface area contributed by atoms with E-state index in [1.807, 2.05) is 45.0 Å². The number of methoxy groups -OCH3 is 3. The molecule has 4 aliphatic rings. The number of esters is 1. The molecule has 0 bridgehead atoms. The van der Waals surface area contributed by atoms with E-state index in [1.54, 1.807) is 33.1 Å². The lowest BCUT2D eigenvalue weighted by Gasteiger charge is -2.58. The van der Waals surface area contributed by atoms with Crippen LogP contribution < -0.4 is 40.1 Å². The van der Waals surface area contributed by atoms with E-state index in [4.69, 9.17) is 34.2 Å². The second kappa shape index (κ2) is 16.4. The number of nitrogens with two attached hydrogens (primary N) is 1. The Kier molecular flexibility index (Phi) is 11.5. The number of nitrogens with one attached hydrogen (secondary N) is 3. The number of benzene rings is 3. The molecular weight excluding hydrogens is 787 g/mol. The number of thioether (sulfide) groups is 1. The van der Waals surface area contributed by atoms with E-state index in [2.05, 4.69) is 34.4 Å². The number of hydrogen-bond donors (Lipinski definition) is 5. The number of aromatic hydroxyl groups is 1. The van der Waals surface area contributed by atoms with Gasteiger partial charge in [0.05, 0.1) is 38.2 Å². The molecule has 14 nitrogen and oxygen atoms in total. The molecule has 1 fully saturated rings. The highest BCUT2D eigenvalue weighted by Crippen LogP contribution is 2.62. The number of aromatic nitrogens is 1. The van der Waals surface area contributed by atoms with Gasteiger partial charge in [0.2, 0.25) is 6.79 Å². The molecule has 0 saturated carbocycles. The smallest absolute Gasteiger partial charge is 0.308 e. The van der Waals surface area contributed by atoms with Gasteiger partial charge in [-0.25, -0.2) is 0 Å². The van der Waals surface area contributed by atoms with E-state index >= 15 is 0 Å². The number of ether oxygens (including phenoxy) is 6. The molecule has 322 valence electrons. The number of aryl methyl sites for hydroxylation is 3. The van der Waals surface area contributed by atoms with Gasteiger partial charge in [-0.15, -0.1) is 11.8 Å². The maximum Gasteiger partial charge on any atom is 0.308 e. The average molecular weight is 844 g/mol. The largest absolute Gasteiger partial charge is 0.504 e. The lowest BCUT2D eigenvalue weighted by Crippen LogP contribution is -2.66. The Balaban J connectivity index is 1.39. The van der Waals surface area contributed by atoms with Gasteiger partial charge < -0.3 is 54.4 Å². The molecule has 1 unspecified atom stereocenters. The van der Waals surface area contributed by atoms with Gasteiger partial charge in [0, 0.05) is 89.3 Å². The molecule has 15 heteroatoms. The highest BCUT2D eigenvalue weighted by Gasteiger charge is 2.56. The molecule has 6 N–H and O–H groups in total. The first kappa shape index (κ1) is 42.2. The third kappa shape index (κ3) is 6.68. The van der Waals surface area contributed by atoms with E-state index in [1.165, 1.54) is 6.92 Å². The number of phenolic OH excluding ortho intramolecular Hbond substituents is 1. The first-order valence-electron chi connectivity index (χ1n) is 20.6. The third-order valence-corrected chi connectivity index (χ3v) is 14.7. The van der Waals surface area contributed by atoms with Crippen molar-refractivity contribution in [1.29, 1.82) is 0 Å². The zero-order chi connectivity index (χ0) is 42.8.